The summed E-state index contributed by atoms with van der Waals surface area (Å²) < 4.78 is 2.12. The summed E-state index contributed by atoms with van der Waals surface area (Å²) in [6, 6.07) is 2.88. The van der Waals surface area contributed by atoms with E-state index in [0.717, 1.165) is 30.7 Å². The molecule has 1 heterocycles. The molecule has 4 heteroatoms. The summed E-state index contributed by atoms with van der Waals surface area (Å²) in [6.07, 6.45) is 2.42. The lowest BCUT2D eigenvalue weighted by atomic mass is 10.1. The van der Waals surface area contributed by atoms with Crippen LogP contribution in [-0.4, -0.2) is 32.6 Å². The summed E-state index contributed by atoms with van der Waals surface area (Å²) in [7, 11) is 0. The van der Waals surface area contributed by atoms with Gasteiger partial charge in [0.05, 0.1) is 11.4 Å². The highest BCUT2D eigenvalue weighted by Gasteiger charge is 2.16. The number of aryl methyl sites for hydroxylation is 2. The molecular weight excluding hydrogens is 290 g/mol. The quantitative estimate of drug-likeness (QED) is 0.683. The average molecular weight is 316 g/mol. The Labute approximate surface area is 120 Å². The molecule has 0 fully saturated rings. The lowest BCUT2D eigenvalue weighted by molar-refractivity contribution is 0.184. The molecule has 0 aliphatic rings. The number of nitrogens with zero attached hydrogens (tertiary/aromatic N) is 3. The van der Waals surface area contributed by atoms with Crippen LogP contribution in [0.15, 0.2) is 6.07 Å². The van der Waals surface area contributed by atoms with Gasteiger partial charge in [-0.05, 0) is 32.8 Å². The smallest absolute Gasteiger partial charge is 0.0597 e. The minimum Gasteiger partial charge on any atom is -0.294 e. The SMILES string of the molecule is CCC(CC)N(CCBr)Cc1cc(C)nn1CC. The van der Waals surface area contributed by atoms with E-state index >= 15 is 0 Å². The number of alkyl halides is 1. The van der Waals surface area contributed by atoms with Crippen LogP contribution < -0.4 is 0 Å². The Bertz CT molecular complexity index is 345. The van der Waals surface area contributed by atoms with Gasteiger partial charge in [0.1, 0.15) is 0 Å². The number of rotatable bonds is 8. The summed E-state index contributed by atoms with van der Waals surface area (Å²) in [5, 5.41) is 5.56. The fourth-order valence-corrected chi connectivity index (χ4v) is 2.97. The highest BCUT2D eigenvalue weighted by molar-refractivity contribution is 9.09. The summed E-state index contributed by atoms with van der Waals surface area (Å²) >= 11 is 3.57. The number of halogens is 1. The van der Waals surface area contributed by atoms with Crippen molar-refractivity contribution in [2.24, 2.45) is 0 Å². The van der Waals surface area contributed by atoms with Crippen molar-refractivity contribution in [3.8, 4) is 0 Å². The molecule has 3 nitrogen and oxygen atoms in total. The van der Waals surface area contributed by atoms with E-state index in [2.05, 4.69) is 64.4 Å². The minimum absolute atomic E-state index is 0.670. The van der Waals surface area contributed by atoms with E-state index in [0.29, 0.717) is 6.04 Å². The van der Waals surface area contributed by atoms with Crippen molar-refractivity contribution in [3.63, 3.8) is 0 Å². The third-order valence-electron chi connectivity index (χ3n) is 3.48. The predicted molar refractivity (Wildman–Crippen MR) is 81.2 cm³/mol. The first-order valence-corrected chi connectivity index (χ1v) is 8.11. The molecule has 104 valence electrons. The maximum atomic E-state index is 4.53. The molecule has 1 aromatic rings. The molecular formula is C14H26BrN3. The summed E-state index contributed by atoms with van der Waals surface area (Å²) in [5.41, 5.74) is 2.46. The zero-order valence-electron chi connectivity index (χ0n) is 12.1. The molecule has 0 aromatic carbocycles. The molecule has 0 saturated carbocycles. The standard InChI is InChI=1S/C14H26BrN3/c1-5-13(6-2)17(9-8-15)11-14-10-12(4)16-18(14)7-3/h10,13H,5-9,11H2,1-4H3. The predicted octanol–water partition coefficient (Wildman–Crippen LogP) is 3.60. The van der Waals surface area contributed by atoms with Crippen LogP contribution in [-0.2, 0) is 13.1 Å². The second-order valence-electron chi connectivity index (χ2n) is 4.72. The van der Waals surface area contributed by atoms with E-state index in [1.165, 1.54) is 18.5 Å². The molecule has 0 bridgehead atoms. The molecule has 0 spiro atoms. The Morgan fingerprint density at radius 2 is 2.00 bits per heavy atom. The van der Waals surface area contributed by atoms with Gasteiger partial charge in [0.2, 0.25) is 0 Å². The van der Waals surface area contributed by atoms with Crippen molar-refractivity contribution in [2.45, 2.75) is 59.7 Å². The molecule has 0 aliphatic carbocycles. The van der Waals surface area contributed by atoms with Gasteiger partial charge in [-0.1, -0.05) is 29.8 Å². The van der Waals surface area contributed by atoms with Crippen molar-refractivity contribution < 1.29 is 0 Å². The second kappa shape index (κ2) is 7.95. The molecule has 0 radical (unpaired) electrons. The van der Waals surface area contributed by atoms with Crippen molar-refractivity contribution in [2.75, 3.05) is 11.9 Å². The molecule has 1 aromatic heterocycles. The van der Waals surface area contributed by atoms with E-state index < -0.39 is 0 Å². The zero-order valence-corrected chi connectivity index (χ0v) is 13.7. The highest BCUT2D eigenvalue weighted by Crippen LogP contribution is 2.15. The van der Waals surface area contributed by atoms with Gasteiger partial charge in [-0.3, -0.25) is 9.58 Å². The molecule has 1 rings (SSSR count). The zero-order chi connectivity index (χ0) is 13.5. The van der Waals surface area contributed by atoms with Gasteiger partial charge in [-0.15, -0.1) is 0 Å². The van der Waals surface area contributed by atoms with Gasteiger partial charge in [0, 0.05) is 31.0 Å². The third kappa shape index (κ3) is 4.09. The summed E-state index contributed by atoms with van der Waals surface area (Å²) in [5.74, 6) is 0. The number of hydrogen-bond donors (Lipinski definition) is 0. The van der Waals surface area contributed by atoms with Crippen LogP contribution in [0.4, 0.5) is 0 Å². The number of hydrogen-bond acceptors (Lipinski definition) is 2. The van der Waals surface area contributed by atoms with Gasteiger partial charge in [0.25, 0.3) is 0 Å². The molecule has 0 saturated heterocycles. The van der Waals surface area contributed by atoms with E-state index in [4.69, 9.17) is 0 Å². The average Bonchev–Trinajstić information content (AvgIpc) is 2.71. The van der Waals surface area contributed by atoms with E-state index in [1.54, 1.807) is 0 Å². The van der Waals surface area contributed by atoms with Gasteiger partial charge < -0.3 is 0 Å². The van der Waals surface area contributed by atoms with E-state index in [1.807, 2.05) is 0 Å². The lowest BCUT2D eigenvalue weighted by Crippen LogP contribution is -2.36. The fourth-order valence-electron chi connectivity index (χ4n) is 2.51. The van der Waals surface area contributed by atoms with Gasteiger partial charge in [0.15, 0.2) is 0 Å². The first kappa shape index (κ1) is 15.7. The Morgan fingerprint density at radius 3 is 2.50 bits per heavy atom. The summed E-state index contributed by atoms with van der Waals surface area (Å²) in [6.45, 7) is 11.8. The first-order chi connectivity index (χ1) is 8.65. The normalized spacial score (nSPS) is 11.7. The maximum absolute atomic E-state index is 4.53. The lowest BCUT2D eigenvalue weighted by Gasteiger charge is -2.29. The second-order valence-corrected chi connectivity index (χ2v) is 5.52. The van der Waals surface area contributed by atoms with Crippen LogP contribution >= 0.6 is 15.9 Å². The summed E-state index contributed by atoms with van der Waals surface area (Å²) in [4.78, 5) is 2.57. The van der Waals surface area contributed by atoms with Crippen LogP contribution in [0.1, 0.15) is 45.0 Å². The van der Waals surface area contributed by atoms with Crippen LogP contribution in [0.25, 0.3) is 0 Å². The van der Waals surface area contributed by atoms with Gasteiger partial charge in [-0.2, -0.15) is 5.10 Å². The topological polar surface area (TPSA) is 21.1 Å². The molecule has 0 amide bonds. The minimum atomic E-state index is 0.670. The molecule has 18 heavy (non-hydrogen) atoms. The molecule has 0 N–H and O–H groups in total. The van der Waals surface area contributed by atoms with Crippen molar-refractivity contribution in [1.29, 1.82) is 0 Å². The Balaban J connectivity index is 2.81. The largest absolute Gasteiger partial charge is 0.294 e. The van der Waals surface area contributed by atoms with Crippen molar-refractivity contribution in [3.05, 3.63) is 17.5 Å². The maximum Gasteiger partial charge on any atom is 0.0597 e. The Morgan fingerprint density at radius 1 is 1.33 bits per heavy atom. The molecule has 0 atom stereocenters. The van der Waals surface area contributed by atoms with Gasteiger partial charge >= 0.3 is 0 Å². The Kier molecular flexibility index (Phi) is 6.94. The highest BCUT2D eigenvalue weighted by atomic mass is 79.9. The van der Waals surface area contributed by atoms with E-state index in [-0.39, 0.29) is 0 Å². The molecule has 0 unspecified atom stereocenters. The van der Waals surface area contributed by atoms with Crippen LogP contribution in [0.5, 0.6) is 0 Å². The Hall–Kier alpha value is -0.350. The third-order valence-corrected chi connectivity index (χ3v) is 3.84. The van der Waals surface area contributed by atoms with Crippen molar-refractivity contribution in [1.82, 2.24) is 14.7 Å². The van der Waals surface area contributed by atoms with E-state index in [9.17, 15) is 0 Å². The van der Waals surface area contributed by atoms with Crippen LogP contribution in [0, 0.1) is 6.92 Å². The number of aromatic nitrogens is 2. The fraction of sp³-hybridized carbons (Fsp3) is 0.786. The van der Waals surface area contributed by atoms with Crippen LogP contribution in [0.2, 0.25) is 0 Å². The first-order valence-electron chi connectivity index (χ1n) is 6.99. The van der Waals surface area contributed by atoms with Gasteiger partial charge in [-0.25, -0.2) is 0 Å². The van der Waals surface area contributed by atoms with Crippen LogP contribution in [0.3, 0.4) is 0 Å². The molecule has 0 aliphatic heterocycles. The van der Waals surface area contributed by atoms with Crippen molar-refractivity contribution >= 4 is 15.9 Å². The monoisotopic (exact) mass is 315 g/mol.